The first-order valence-electron chi connectivity index (χ1n) is 9.08. The first-order chi connectivity index (χ1) is 12.3. The molecule has 0 saturated carbocycles. The van der Waals surface area contributed by atoms with Gasteiger partial charge in [-0.05, 0) is 51.7 Å². The van der Waals surface area contributed by atoms with Crippen LogP contribution in [0.3, 0.4) is 0 Å². The van der Waals surface area contributed by atoms with Gasteiger partial charge in [-0.15, -0.1) is 10.2 Å². The number of nitrogens with zero attached hydrogens (tertiary/aromatic N) is 4. The zero-order valence-electron chi connectivity index (χ0n) is 15.5. The quantitative estimate of drug-likeness (QED) is 0.727. The van der Waals surface area contributed by atoms with Crippen LogP contribution >= 0.6 is 0 Å². The topological polar surface area (TPSA) is 100 Å². The highest BCUT2D eigenvalue weighted by Crippen LogP contribution is 2.43. The molecule has 2 aliphatic rings. The van der Waals surface area contributed by atoms with Crippen LogP contribution in [-0.2, 0) is 0 Å². The first-order valence-corrected chi connectivity index (χ1v) is 9.08. The summed E-state index contributed by atoms with van der Waals surface area (Å²) in [5.74, 6) is 0.695. The molecule has 3 atom stereocenters. The lowest BCUT2D eigenvalue weighted by Crippen LogP contribution is -2.58. The maximum Gasteiger partial charge on any atom is 0.245 e. The smallest absolute Gasteiger partial charge is 0.245 e. The minimum absolute atomic E-state index is 0.0815. The fourth-order valence-electron chi connectivity index (χ4n) is 4.58. The summed E-state index contributed by atoms with van der Waals surface area (Å²) in [4.78, 5) is 6.64. The number of phenolic OH excluding ortho intramolecular Hbond substituents is 1. The minimum Gasteiger partial charge on any atom is -0.507 e. The molecule has 2 aliphatic heterocycles. The maximum absolute atomic E-state index is 10.1. The van der Waals surface area contributed by atoms with Gasteiger partial charge in [0.15, 0.2) is 0 Å². The van der Waals surface area contributed by atoms with Crippen molar-refractivity contribution in [2.75, 3.05) is 17.7 Å². The SMILES string of the molecule is CN(c1ncc(-c2ccc(N)cc2O)nn1)C1C[C@]2(C)CC[C@](C)(C1)N2. The number of benzene rings is 1. The molecule has 2 bridgehead atoms. The number of hydrogen-bond acceptors (Lipinski definition) is 7. The van der Waals surface area contributed by atoms with Crippen molar-refractivity contribution in [1.82, 2.24) is 20.5 Å². The molecule has 1 unspecified atom stereocenters. The number of fused-ring (bicyclic) bond motifs is 2. The third-order valence-electron chi connectivity index (χ3n) is 5.91. The Morgan fingerprint density at radius 1 is 1.19 bits per heavy atom. The minimum atomic E-state index is 0.0815. The van der Waals surface area contributed by atoms with E-state index in [0.717, 1.165) is 12.8 Å². The predicted octanol–water partition coefficient (Wildman–Crippen LogP) is 2.33. The highest BCUT2D eigenvalue weighted by atomic mass is 16.3. The summed E-state index contributed by atoms with van der Waals surface area (Å²) >= 11 is 0. The average Bonchev–Trinajstić information content (AvgIpc) is 2.82. The van der Waals surface area contributed by atoms with Crippen LogP contribution in [0.5, 0.6) is 5.75 Å². The van der Waals surface area contributed by atoms with Gasteiger partial charge in [0.25, 0.3) is 0 Å². The standard InChI is InChI=1S/C19H26N6O/c1-18-6-7-19(2,24-18)10-13(9-18)25(3)17-21-11-15(22-23-17)14-5-4-12(20)8-16(14)26/h4-5,8,11,13,24,26H,6-7,9-10,20H2,1-3H3/t13?,18-,19+. The molecule has 7 nitrogen and oxygen atoms in total. The molecule has 26 heavy (non-hydrogen) atoms. The molecule has 0 spiro atoms. The van der Waals surface area contributed by atoms with Gasteiger partial charge >= 0.3 is 0 Å². The van der Waals surface area contributed by atoms with E-state index in [9.17, 15) is 5.11 Å². The van der Waals surface area contributed by atoms with Gasteiger partial charge < -0.3 is 21.1 Å². The number of hydrogen-bond donors (Lipinski definition) is 3. The van der Waals surface area contributed by atoms with E-state index >= 15 is 0 Å². The lowest BCUT2D eigenvalue weighted by molar-refractivity contribution is 0.207. The third-order valence-corrected chi connectivity index (χ3v) is 5.91. The summed E-state index contributed by atoms with van der Waals surface area (Å²) in [7, 11) is 2.04. The second-order valence-electron chi connectivity index (χ2n) is 8.34. The highest BCUT2D eigenvalue weighted by molar-refractivity contribution is 5.69. The Morgan fingerprint density at radius 3 is 2.46 bits per heavy atom. The van der Waals surface area contributed by atoms with E-state index in [0.29, 0.717) is 28.9 Å². The van der Waals surface area contributed by atoms with Gasteiger partial charge in [-0.2, -0.15) is 0 Å². The van der Waals surface area contributed by atoms with Crippen LogP contribution in [0.2, 0.25) is 0 Å². The van der Waals surface area contributed by atoms with Crippen LogP contribution in [0.25, 0.3) is 11.3 Å². The molecule has 4 N–H and O–H groups in total. The fraction of sp³-hybridized carbons (Fsp3) is 0.526. The number of piperidine rings is 1. The molecule has 138 valence electrons. The summed E-state index contributed by atoms with van der Waals surface area (Å²) in [5.41, 5.74) is 7.67. The lowest BCUT2D eigenvalue weighted by Gasteiger charge is -2.45. The Morgan fingerprint density at radius 2 is 1.88 bits per heavy atom. The maximum atomic E-state index is 10.1. The van der Waals surface area contributed by atoms with E-state index in [1.807, 2.05) is 7.05 Å². The van der Waals surface area contributed by atoms with E-state index in [-0.39, 0.29) is 16.8 Å². The molecule has 0 amide bonds. The molecule has 1 aromatic heterocycles. The number of nitrogen functional groups attached to an aromatic ring is 1. The molecule has 3 heterocycles. The van der Waals surface area contributed by atoms with Crippen LogP contribution in [-0.4, -0.2) is 44.5 Å². The number of aromatic nitrogens is 3. The molecule has 7 heteroatoms. The summed E-state index contributed by atoms with van der Waals surface area (Å²) < 4.78 is 0. The number of aromatic hydroxyl groups is 1. The van der Waals surface area contributed by atoms with Gasteiger partial charge in [0.2, 0.25) is 5.95 Å². The third kappa shape index (κ3) is 2.96. The monoisotopic (exact) mass is 354 g/mol. The first kappa shape index (κ1) is 17.0. The summed E-state index contributed by atoms with van der Waals surface area (Å²) in [5, 5.41) is 22.4. The van der Waals surface area contributed by atoms with Crippen molar-refractivity contribution in [1.29, 1.82) is 0 Å². The van der Waals surface area contributed by atoms with Gasteiger partial charge in [-0.25, -0.2) is 4.98 Å². The Bertz CT molecular complexity index is 807. The largest absolute Gasteiger partial charge is 0.507 e. The molecule has 1 aromatic carbocycles. The van der Waals surface area contributed by atoms with Crippen molar-refractivity contribution in [3.8, 4) is 17.0 Å². The molecule has 2 aromatic rings. The Balaban J connectivity index is 1.55. The summed E-state index contributed by atoms with van der Waals surface area (Å²) in [6, 6.07) is 5.34. The van der Waals surface area contributed by atoms with Gasteiger partial charge in [-0.1, -0.05) is 0 Å². The zero-order valence-corrected chi connectivity index (χ0v) is 15.5. The van der Waals surface area contributed by atoms with Crippen LogP contribution < -0.4 is 16.0 Å². The second-order valence-corrected chi connectivity index (χ2v) is 8.34. The number of phenols is 1. The summed E-state index contributed by atoms with van der Waals surface area (Å²) in [6.45, 7) is 4.62. The van der Waals surface area contributed by atoms with Crippen LogP contribution in [0.15, 0.2) is 24.4 Å². The van der Waals surface area contributed by atoms with Crippen molar-refractivity contribution < 1.29 is 5.11 Å². The number of nitrogens with one attached hydrogen (secondary N) is 1. The molecule has 2 saturated heterocycles. The lowest BCUT2D eigenvalue weighted by atomic mass is 9.84. The van der Waals surface area contributed by atoms with Crippen molar-refractivity contribution in [3.63, 3.8) is 0 Å². The second kappa shape index (κ2) is 5.81. The highest BCUT2D eigenvalue weighted by Gasteiger charge is 2.49. The van der Waals surface area contributed by atoms with E-state index < -0.39 is 0 Å². The van der Waals surface area contributed by atoms with Gasteiger partial charge in [0, 0.05) is 41.5 Å². The summed E-state index contributed by atoms with van der Waals surface area (Å²) in [6.07, 6.45) is 6.22. The van der Waals surface area contributed by atoms with Gasteiger partial charge in [0.05, 0.1) is 6.20 Å². The number of nitrogens with two attached hydrogens (primary N) is 1. The predicted molar refractivity (Wildman–Crippen MR) is 102 cm³/mol. The van der Waals surface area contributed by atoms with Crippen molar-refractivity contribution >= 4 is 11.6 Å². The van der Waals surface area contributed by atoms with Crippen LogP contribution in [0.4, 0.5) is 11.6 Å². The molecule has 0 radical (unpaired) electrons. The van der Waals surface area contributed by atoms with Crippen molar-refractivity contribution in [2.45, 2.75) is 56.7 Å². The average molecular weight is 354 g/mol. The molecular weight excluding hydrogens is 328 g/mol. The Kier molecular flexibility index (Phi) is 3.80. The Hall–Kier alpha value is -2.41. The normalized spacial score (nSPS) is 30.3. The van der Waals surface area contributed by atoms with E-state index in [1.54, 1.807) is 18.3 Å². The number of rotatable bonds is 3. The van der Waals surface area contributed by atoms with Gasteiger partial charge in [-0.3, -0.25) is 0 Å². The van der Waals surface area contributed by atoms with Crippen molar-refractivity contribution in [3.05, 3.63) is 24.4 Å². The van der Waals surface area contributed by atoms with E-state index in [2.05, 4.69) is 39.2 Å². The van der Waals surface area contributed by atoms with E-state index in [1.165, 1.54) is 18.9 Å². The van der Waals surface area contributed by atoms with Crippen molar-refractivity contribution in [2.24, 2.45) is 0 Å². The van der Waals surface area contributed by atoms with Gasteiger partial charge in [0.1, 0.15) is 11.4 Å². The van der Waals surface area contributed by atoms with Crippen LogP contribution in [0, 0.1) is 0 Å². The fourth-order valence-corrected chi connectivity index (χ4v) is 4.58. The van der Waals surface area contributed by atoms with E-state index in [4.69, 9.17) is 5.73 Å². The molecular formula is C19H26N6O. The Labute approximate surface area is 153 Å². The number of anilines is 2. The van der Waals surface area contributed by atoms with Crippen LogP contribution in [0.1, 0.15) is 39.5 Å². The molecule has 4 rings (SSSR count). The molecule has 2 fully saturated rings. The molecule has 0 aliphatic carbocycles. The zero-order chi connectivity index (χ0) is 18.5.